The Kier molecular flexibility index (Phi) is 3.13. The molecule has 7 heteroatoms. The van der Waals surface area contributed by atoms with Crippen LogP contribution in [0.5, 0.6) is 0 Å². The van der Waals surface area contributed by atoms with Gasteiger partial charge in [0, 0.05) is 35.8 Å². The van der Waals surface area contributed by atoms with Gasteiger partial charge in [-0.1, -0.05) is 0 Å². The van der Waals surface area contributed by atoms with Crippen LogP contribution in [0.4, 0.5) is 13.2 Å². The fourth-order valence-corrected chi connectivity index (χ4v) is 4.30. The van der Waals surface area contributed by atoms with Gasteiger partial charge in [-0.15, -0.1) is 0 Å². The Bertz CT molecular complexity index is 948. The van der Waals surface area contributed by atoms with Crippen LogP contribution >= 0.6 is 0 Å². The molecule has 3 atom stereocenters. The molecule has 0 spiro atoms. The molecule has 5 rings (SSSR count). The van der Waals surface area contributed by atoms with E-state index >= 15 is 0 Å². The van der Waals surface area contributed by atoms with Crippen LogP contribution in [0, 0.1) is 5.92 Å². The van der Waals surface area contributed by atoms with E-state index in [2.05, 4.69) is 21.0 Å². The summed E-state index contributed by atoms with van der Waals surface area (Å²) in [5.74, 6) is -0.894. The zero-order valence-corrected chi connectivity index (χ0v) is 13.4. The molecule has 2 aliphatic rings. The molecule has 130 valence electrons. The molecule has 4 heterocycles. The monoisotopic (exact) mass is 346 g/mol. The maximum atomic E-state index is 12.9. The fourth-order valence-electron chi connectivity index (χ4n) is 4.30. The van der Waals surface area contributed by atoms with Crippen molar-refractivity contribution < 1.29 is 13.2 Å². The van der Waals surface area contributed by atoms with Gasteiger partial charge in [-0.05, 0) is 43.0 Å². The normalized spacial score (nSPS) is 27.4. The Morgan fingerprint density at radius 2 is 2.08 bits per heavy atom. The third kappa shape index (κ3) is 2.40. The highest BCUT2D eigenvalue weighted by Crippen LogP contribution is 2.49. The summed E-state index contributed by atoms with van der Waals surface area (Å²) < 4.78 is 38.6. The summed E-state index contributed by atoms with van der Waals surface area (Å²) in [7, 11) is 0. The van der Waals surface area contributed by atoms with Gasteiger partial charge in [-0.2, -0.15) is 13.2 Å². The third-order valence-corrected chi connectivity index (χ3v) is 5.63. The van der Waals surface area contributed by atoms with Crippen molar-refractivity contribution >= 4 is 21.9 Å². The van der Waals surface area contributed by atoms with Crippen LogP contribution < -0.4 is 0 Å². The molecule has 0 radical (unpaired) electrons. The van der Waals surface area contributed by atoms with Crippen LogP contribution in [-0.4, -0.2) is 45.2 Å². The van der Waals surface area contributed by atoms with Crippen LogP contribution in [0.25, 0.3) is 21.9 Å². The second-order valence-corrected chi connectivity index (χ2v) is 7.09. The van der Waals surface area contributed by atoms with Gasteiger partial charge in [0.15, 0.2) is 5.65 Å². The Hall–Kier alpha value is -2.15. The maximum Gasteiger partial charge on any atom is 0.393 e. The van der Waals surface area contributed by atoms with E-state index in [1.54, 1.807) is 12.4 Å². The van der Waals surface area contributed by atoms with Gasteiger partial charge in [0.25, 0.3) is 0 Å². The number of aromatic amines is 1. The first-order valence-electron chi connectivity index (χ1n) is 8.54. The fraction of sp³-hybridized carbons (Fsp3) is 0.444. The van der Waals surface area contributed by atoms with Crippen LogP contribution in [0.15, 0.2) is 30.7 Å². The molecule has 1 aliphatic heterocycles. The highest BCUT2D eigenvalue weighted by molar-refractivity contribution is 6.05. The van der Waals surface area contributed by atoms with E-state index < -0.39 is 12.1 Å². The highest BCUT2D eigenvalue weighted by Gasteiger charge is 2.58. The number of alkyl halides is 3. The van der Waals surface area contributed by atoms with Crippen molar-refractivity contribution in [3.8, 4) is 0 Å². The first-order valence-corrected chi connectivity index (χ1v) is 8.54. The lowest BCUT2D eigenvalue weighted by atomic mass is 9.94. The Morgan fingerprint density at radius 3 is 2.88 bits per heavy atom. The summed E-state index contributed by atoms with van der Waals surface area (Å²) in [6.45, 7) is 1.42. The number of aromatic nitrogens is 3. The molecular weight excluding hydrogens is 329 g/mol. The smallest absolute Gasteiger partial charge is 0.360 e. The largest absolute Gasteiger partial charge is 0.393 e. The van der Waals surface area contributed by atoms with Crippen LogP contribution in [-0.2, 0) is 0 Å². The summed E-state index contributed by atoms with van der Waals surface area (Å²) in [5, 5.41) is 2.10. The Morgan fingerprint density at radius 1 is 1.20 bits per heavy atom. The lowest BCUT2D eigenvalue weighted by Crippen LogP contribution is -2.28. The average Bonchev–Trinajstić information content (AvgIpc) is 3.05. The molecule has 3 aromatic heterocycles. The molecule has 1 saturated carbocycles. The number of rotatable bonds is 2. The molecule has 0 bridgehead atoms. The van der Waals surface area contributed by atoms with E-state index in [0.29, 0.717) is 12.2 Å². The van der Waals surface area contributed by atoms with Crippen molar-refractivity contribution in [2.45, 2.75) is 31.0 Å². The van der Waals surface area contributed by atoms with Crippen molar-refractivity contribution in [1.29, 1.82) is 0 Å². The maximum absolute atomic E-state index is 12.9. The van der Waals surface area contributed by atoms with Crippen molar-refractivity contribution in [1.82, 2.24) is 19.9 Å². The molecular formula is C18H17F3N4. The van der Waals surface area contributed by atoms with Crippen LogP contribution in [0.1, 0.15) is 24.3 Å². The number of H-pyrrole nitrogens is 1. The minimum absolute atomic E-state index is 0.243. The predicted molar refractivity (Wildman–Crippen MR) is 88.3 cm³/mol. The van der Waals surface area contributed by atoms with Gasteiger partial charge in [0.1, 0.15) is 0 Å². The first kappa shape index (κ1) is 15.1. The molecule has 1 N–H and O–H groups in total. The van der Waals surface area contributed by atoms with E-state index in [0.717, 1.165) is 29.3 Å². The third-order valence-electron chi connectivity index (χ3n) is 5.63. The second-order valence-electron chi connectivity index (χ2n) is 7.09. The molecule has 0 aromatic carbocycles. The van der Waals surface area contributed by atoms with E-state index in [1.165, 1.54) is 5.56 Å². The lowest BCUT2D eigenvalue weighted by molar-refractivity contribution is -0.151. The first-order chi connectivity index (χ1) is 12.0. The lowest BCUT2D eigenvalue weighted by Gasteiger charge is -2.18. The van der Waals surface area contributed by atoms with Gasteiger partial charge < -0.3 is 4.98 Å². The van der Waals surface area contributed by atoms with Crippen LogP contribution in [0.2, 0.25) is 0 Å². The molecule has 25 heavy (non-hydrogen) atoms. The van der Waals surface area contributed by atoms with Gasteiger partial charge in [0.2, 0.25) is 0 Å². The molecule has 1 aliphatic carbocycles. The SMILES string of the molecule is FC(F)(F)C1CC1N1CCC(c2cc[nH]c3cnc4nccc4c23)C1. The zero-order valence-electron chi connectivity index (χ0n) is 13.4. The number of nitrogens with zero attached hydrogens (tertiary/aromatic N) is 3. The minimum Gasteiger partial charge on any atom is -0.360 e. The number of hydrogen-bond donors (Lipinski definition) is 1. The molecule has 1 saturated heterocycles. The summed E-state index contributed by atoms with van der Waals surface area (Å²) in [5.41, 5.74) is 2.83. The Balaban J connectivity index is 1.48. The molecule has 4 nitrogen and oxygen atoms in total. The minimum atomic E-state index is -4.06. The highest BCUT2D eigenvalue weighted by atomic mass is 19.4. The van der Waals surface area contributed by atoms with Gasteiger partial charge in [0.05, 0.1) is 17.6 Å². The topological polar surface area (TPSA) is 44.8 Å². The summed E-state index contributed by atoms with van der Waals surface area (Å²) in [4.78, 5) is 13.9. The standard InChI is InChI=1S/C18H17F3N4/c19-18(20,21)13-7-15(13)25-6-3-10(9-25)11-1-4-22-14-8-24-17-12(16(11)14)2-5-23-17/h1-2,4-5,8,10,13,15,22H,3,6-7,9H2. The number of fused-ring (bicyclic) bond motifs is 3. The second kappa shape index (κ2) is 5.17. The summed E-state index contributed by atoms with van der Waals surface area (Å²) in [6.07, 6.45) is 2.49. The quantitative estimate of drug-likeness (QED) is 0.767. The number of halogens is 3. The molecule has 2 fully saturated rings. The van der Waals surface area contributed by atoms with Gasteiger partial charge in [-0.3, -0.25) is 4.90 Å². The van der Waals surface area contributed by atoms with Crippen molar-refractivity contribution in [2.75, 3.05) is 13.1 Å². The molecule has 0 amide bonds. The molecule has 3 aromatic rings. The number of nitrogens with one attached hydrogen (secondary N) is 1. The van der Waals surface area contributed by atoms with E-state index in [-0.39, 0.29) is 18.4 Å². The van der Waals surface area contributed by atoms with E-state index in [1.807, 2.05) is 17.2 Å². The number of likely N-dealkylation sites (tertiary alicyclic amines) is 1. The summed E-state index contributed by atoms with van der Waals surface area (Å²) >= 11 is 0. The zero-order chi connectivity index (χ0) is 17.2. The van der Waals surface area contributed by atoms with Crippen LogP contribution in [0.3, 0.4) is 0 Å². The van der Waals surface area contributed by atoms with E-state index in [9.17, 15) is 13.2 Å². The predicted octanol–water partition coefficient (Wildman–Crippen LogP) is 3.85. The van der Waals surface area contributed by atoms with Crippen molar-refractivity contribution in [2.24, 2.45) is 5.92 Å². The number of hydrogen-bond acceptors (Lipinski definition) is 3. The average molecular weight is 346 g/mol. The van der Waals surface area contributed by atoms with Gasteiger partial charge >= 0.3 is 6.18 Å². The van der Waals surface area contributed by atoms with E-state index in [4.69, 9.17) is 0 Å². The van der Waals surface area contributed by atoms with Crippen molar-refractivity contribution in [3.05, 3.63) is 36.3 Å². The van der Waals surface area contributed by atoms with Gasteiger partial charge in [-0.25, -0.2) is 9.97 Å². The number of pyridine rings is 2. The molecule has 3 unspecified atom stereocenters. The Labute approximate surface area is 142 Å². The summed E-state index contributed by atoms with van der Waals surface area (Å²) in [6, 6.07) is 3.68. The van der Waals surface area contributed by atoms with Crippen molar-refractivity contribution in [3.63, 3.8) is 0 Å².